The van der Waals surface area contributed by atoms with Gasteiger partial charge < -0.3 is 14.6 Å². The summed E-state index contributed by atoms with van der Waals surface area (Å²) in [5.41, 5.74) is 0. The van der Waals surface area contributed by atoms with E-state index in [0.29, 0.717) is 19.8 Å². The highest BCUT2D eigenvalue weighted by atomic mass is 79.9. The molecule has 1 atom stereocenters. The molecule has 1 heterocycles. The lowest BCUT2D eigenvalue weighted by molar-refractivity contribution is -0.142. The highest BCUT2D eigenvalue weighted by Gasteiger charge is 2.22. The van der Waals surface area contributed by atoms with Gasteiger partial charge in [0.1, 0.15) is 12.4 Å². The minimum absolute atomic E-state index is 0.0585. The van der Waals surface area contributed by atoms with Crippen molar-refractivity contribution in [3.05, 3.63) is 28.7 Å². The van der Waals surface area contributed by atoms with E-state index >= 15 is 0 Å². The molecule has 1 aromatic rings. The van der Waals surface area contributed by atoms with Crippen molar-refractivity contribution in [1.82, 2.24) is 4.90 Å². The van der Waals surface area contributed by atoms with E-state index in [1.165, 1.54) is 0 Å². The van der Waals surface area contributed by atoms with Gasteiger partial charge in [-0.1, -0.05) is 22.0 Å². The Hall–Kier alpha value is -1.11. The number of nitrogens with zero attached hydrogens (tertiary/aromatic N) is 1. The molecule has 1 aromatic carbocycles. The van der Waals surface area contributed by atoms with Crippen LogP contribution in [0.1, 0.15) is 6.42 Å². The number of ether oxygens (including phenoxy) is 2. The monoisotopic (exact) mass is 343 g/mol. The van der Waals surface area contributed by atoms with Crippen LogP contribution in [0.2, 0.25) is 0 Å². The number of aliphatic carboxylic acids is 1. The molecular formula is C14H18BrNO4. The van der Waals surface area contributed by atoms with Gasteiger partial charge in [-0.05, 0) is 18.2 Å². The van der Waals surface area contributed by atoms with Gasteiger partial charge in [0.15, 0.2) is 0 Å². The molecule has 1 unspecified atom stereocenters. The van der Waals surface area contributed by atoms with Crippen LogP contribution >= 0.6 is 15.9 Å². The van der Waals surface area contributed by atoms with Gasteiger partial charge in [-0.2, -0.15) is 0 Å². The third-order valence-corrected chi connectivity index (χ3v) is 3.59. The van der Waals surface area contributed by atoms with E-state index in [4.69, 9.17) is 14.6 Å². The molecule has 2 rings (SSSR count). The van der Waals surface area contributed by atoms with Gasteiger partial charge in [0.2, 0.25) is 0 Å². The Labute approximate surface area is 126 Å². The molecule has 0 bridgehead atoms. The topological polar surface area (TPSA) is 59.0 Å². The molecule has 0 aromatic heterocycles. The third kappa shape index (κ3) is 5.11. The number of benzene rings is 1. The molecule has 1 N–H and O–H groups in total. The predicted molar refractivity (Wildman–Crippen MR) is 78.1 cm³/mol. The molecule has 6 heteroatoms. The third-order valence-electron chi connectivity index (χ3n) is 3.10. The molecule has 0 saturated carbocycles. The molecule has 1 fully saturated rings. The zero-order valence-corrected chi connectivity index (χ0v) is 12.7. The standard InChI is InChI=1S/C14H18BrNO4/c15-11-2-1-3-12(8-11)19-6-4-16-5-7-20-13(10-16)9-14(17)18/h1-3,8,13H,4-7,9-10H2,(H,17,18). The van der Waals surface area contributed by atoms with Gasteiger partial charge >= 0.3 is 5.97 Å². The first kappa shape index (κ1) is 15.3. The van der Waals surface area contributed by atoms with Gasteiger partial charge in [-0.15, -0.1) is 0 Å². The van der Waals surface area contributed by atoms with Crippen LogP contribution in [0.3, 0.4) is 0 Å². The smallest absolute Gasteiger partial charge is 0.306 e. The summed E-state index contributed by atoms with van der Waals surface area (Å²) in [7, 11) is 0. The van der Waals surface area contributed by atoms with Gasteiger partial charge in [0, 0.05) is 24.1 Å². The van der Waals surface area contributed by atoms with E-state index in [1.807, 2.05) is 24.3 Å². The Kier molecular flexibility index (Phi) is 5.82. The fraction of sp³-hybridized carbons (Fsp3) is 0.500. The van der Waals surface area contributed by atoms with Crippen molar-refractivity contribution in [3.8, 4) is 5.75 Å². The van der Waals surface area contributed by atoms with E-state index in [0.717, 1.165) is 23.3 Å². The van der Waals surface area contributed by atoms with Crippen LogP contribution in [0.15, 0.2) is 28.7 Å². The van der Waals surface area contributed by atoms with Gasteiger partial charge in [0.05, 0.1) is 19.1 Å². The largest absolute Gasteiger partial charge is 0.492 e. The highest BCUT2D eigenvalue weighted by Crippen LogP contribution is 2.17. The summed E-state index contributed by atoms with van der Waals surface area (Å²) in [5, 5.41) is 8.78. The fourth-order valence-electron chi connectivity index (χ4n) is 2.15. The number of hydrogen-bond donors (Lipinski definition) is 1. The first-order valence-corrected chi connectivity index (χ1v) is 7.37. The highest BCUT2D eigenvalue weighted by molar-refractivity contribution is 9.10. The number of carboxylic acid groups (broad SMARTS) is 1. The Bertz CT molecular complexity index is 455. The SMILES string of the molecule is O=C(O)CC1CN(CCOc2cccc(Br)c2)CCO1. The van der Waals surface area contributed by atoms with E-state index in [1.54, 1.807) is 0 Å². The molecule has 20 heavy (non-hydrogen) atoms. The minimum atomic E-state index is -0.817. The van der Waals surface area contributed by atoms with Crippen LogP contribution in [-0.2, 0) is 9.53 Å². The Morgan fingerprint density at radius 1 is 1.55 bits per heavy atom. The summed E-state index contributed by atoms with van der Waals surface area (Å²) in [6, 6.07) is 7.71. The van der Waals surface area contributed by atoms with E-state index in [9.17, 15) is 4.79 Å². The minimum Gasteiger partial charge on any atom is -0.492 e. The van der Waals surface area contributed by atoms with Crippen molar-refractivity contribution in [2.45, 2.75) is 12.5 Å². The molecule has 5 nitrogen and oxygen atoms in total. The van der Waals surface area contributed by atoms with Crippen molar-refractivity contribution in [2.75, 3.05) is 32.8 Å². The lowest BCUT2D eigenvalue weighted by Gasteiger charge is -2.32. The number of rotatable bonds is 6. The summed E-state index contributed by atoms with van der Waals surface area (Å²) in [5.74, 6) is 0.0111. The second-order valence-corrected chi connectivity index (χ2v) is 5.61. The number of morpholine rings is 1. The van der Waals surface area contributed by atoms with Gasteiger partial charge in [-0.3, -0.25) is 9.69 Å². The Morgan fingerprint density at radius 3 is 3.15 bits per heavy atom. The molecule has 1 aliphatic heterocycles. The molecule has 1 aliphatic rings. The van der Waals surface area contributed by atoms with Crippen molar-refractivity contribution in [2.24, 2.45) is 0 Å². The fourth-order valence-corrected chi connectivity index (χ4v) is 2.53. The molecule has 0 radical (unpaired) electrons. The summed E-state index contributed by atoms with van der Waals surface area (Å²) in [6.07, 6.45) is -0.157. The molecule has 0 amide bonds. The normalized spacial score (nSPS) is 19.8. The van der Waals surface area contributed by atoms with Gasteiger partial charge in [-0.25, -0.2) is 0 Å². The maximum atomic E-state index is 10.7. The molecule has 110 valence electrons. The van der Waals surface area contributed by atoms with Crippen molar-refractivity contribution < 1.29 is 19.4 Å². The van der Waals surface area contributed by atoms with E-state index in [2.05, 4.69) is 20.8 Å². The van der Waals surface area contributed by atoms with Crippen molar-refractivity contribution in [1.29, 1.82) is 0 Å². The lowest BCUT2D eigenvalue weighted by atomic mass is 10.2. The van der Waals surface area contributed by atoms with Crippen LogP contribution < -0.4 is 4.74 Å². The molecule has 0 aliphatic carbocycles. The van der Waals surface area contributed by atoms with Crippen molar-refractivity contribution in [3.63, 3.8) is 0 Å². The summed E-state index contributed by atoms with van der Waals surface area (Å²) < 4.78 is 12.1. The maximum absolute atomic E-state index is 10.7. The average molecular weight is 344 g/mol. The first-order chi connectivity index (χ1) is 9.63. The van der Waals surface area contributed by atoms with Crippen LogP contribution in [-0.4, -0.2) is 54.9 Å². The second kappa shape index (κ2) is 7.61. The number of carbonyl (C=O) groups is 1. The van der Waals surface area contributed by atoms with Crippen LogP contribution in [0.4, 0.5) is 0 Å². The van der Waals surface area contributed by atoms with E-state index < -0.39 is 5.97 Å². The Morgan fingerprint density at radius 2 is 2.40 bits per heavy atom. The van der Waals surface area contributed by atoms with Gasteiger partial charge in [0.25, 0.3) is 0 Å². The quantitative estimate of drug-likeness (QED) is 0.856. The summed E-state index contributed by atoms with van der Waals surface area (Å²) in [6.45, 7) is 3.39. The molecule has 0 spiro atoms. The van der Waals surface area contributed by atoms with Crippen molar-refractivity contribution >= 4 is 21.9 Å². The van der Waals surface area contributed by atoms with Crippen LogP contribution in [0.5, 0.6) is 5.75 Å². The lowest BCUT2D eigenvalue weighted by Crippen LogP contribution is -2.44. The zero-order chi connectivity index (χ0) is 14.4. The summed E-state index contributed by atoms with van der Waals surface area (Å²) in [4.78, 5) is 12.9. The van der Waals surface area contributed by atoms with E-state index in [-0.39, 0.29) is 12.5 Å². The first-order valence-electron chi connectivity index (χ1n) is 6.57. The number of hydrogen-bond acceptors (Lipinski definition) is 4. The second-order valence-electron chi connectivity index (χ2n) is 4.70. The average Bonchev–Trinajstić information content (AvgIpc) is 2.38. The van der Waals surface area contributed by atoms with Crippen LogP contribution in [0, 0.1) is 0 Å². The Balaban J connectivity index is 1.72. The maximum Gasteiger partial charge on any atom is 0.306 e. The number of carboxylic acids is 1. The van der Waals surface area contributed by atoms with Crippen LogP contribution in [0.25, 0.3) is 0 Å². The summed E-state index contributed by atoms with van der Waals surface area (Å²) >= 11 is 3.40. The molecule has 1 saturated heterocycles. The molecular weight excluding hydrogens is 326 g/mol. The zero-order valence-electron chi connectivity index (χ0n) is 11.1. The number of halogens is 1. The predicted octanol–water partition coefficient (Wildman–Crippen LogP) is 2.00.